The van der Waals surface area contributed by atoms with Gasteiger partial charge in [0, 0.05) is 6.42 Å². The van der Waals surface area contributed by atoms with Gasteiger partial charge in [-0.25, -0.2) is 0 Å². The molecule has 0 aliphatic rings. The molecule has 0 bridgehead atoms. The minimum absolute atomic E-state index is 0.153. The van der Waals surface area contributed by atoms with Crippen LogP contribution in [0.4, 0.5) is 0 Å². The smallest absolute Gasteiger partial charge is 0.305 e. The maximum Gasteiger partial charge on any atom is 0.305 e. The molecule has 0 aliphatic heterocycles. The molecule has 0 aromatic heterocycles. The Morgan fingerprint density at radius 3 is 2.50 bits per heavy atom. The number of ether oxygens (including phenoxy) is 1. The zero-order chi connectivity index (χ0) is 9.56. The molecule has 72 valence electrons. The van der Waals surface area contributed by atoms with Crippen LogP contribution in [0.15, 0.2) is 0 Å². The fraction of sp³-hybridized carbons (Fsp3) is 0.875. The lowest BCUT2D eigenvalue weighted by molar-refractivity contribution is -0.144. The first kappa shape index (κ1) is 11.4. The van der Waals surface area contributed by atoms with Crippen LogP contribution in [0, 0.1) is 0 Å². The first-order valence-corrected chi connectivity index (χ1v) is 4.09. The fourth-order valence-corrected chi connectivity index (χ4v) is 0.740. The summed E-state index contributed by atoms with van der Waals surface area (Å²) < 4.78 is 4.64. The van der Waals surface area contributed by atoms with Crippen LogP contribution in [-0.2, 0) is 9.53 Å². The third kappa shape index (κ3) is 5.09. The molecule has 0 spiro atoms. The molecule has 4 nitrogen and oxygen atoms in total. The largest absolute Gasteiger partial charge is 0.466 e. The lowest BCUT2D eigenvalue weighted by Crippen LogP contribution is -2.23. The van der Waals surface area contributed by atoms with Crippen LogP contribution in [0.25, 0.3) is 0 Å². The van der Waals surface area contributed by atoms with Gasteiger partial charge in [0.05, 0.1) is 18.8 Å². The summed E-state index contributed by atoms with van der Waals surface area (Å²) in [4.78, 5) is 10.8. The van der Waals surface area contributed by atoms with Crippen LogP contribution >= 0.6 is 0 Å². The Kier molecular flexibility index (Phi) is 5.66. The highest BCUT2D eigenvalue weighted by atomic mass is 16.5. The number of aliphatic hydroxyl groups is 2. The van der Waals surface area contributed by atoms with Crippen molar-refractivity contribution in [3.05, 3.63) is 0 Å². The summed E-state index contributed by atoms with van der Waals surface area (Å²) in [6.45, 7) is 3.56. The van der Waals surface area contributed by atoms with E-state index >= 15 is 0 Å². The van der Waals surface area contributed by atoms with E-state index in [1.807, 2.05) is 0 Å². The maximum absolute atomic E-state index is 10.8. The summed E-state index contributed by atoms with van der Waals surface area (Å²) in [7, 11) is 0. The topological polar surface area (TPSA) is 66.8 Å². The molecule has 0 saturated heterocycles. The molecule has 2 N–H and O–H groups in total. The second-order valence-electron chi connectivity index (χ2n) is 2.65. The minimum Gasteiger partial charge on any atom is -0.466 e. The van der Waals surface area contributed by atoms with E-state index in [0.29, 0.717) is 6.61 Å². The summed E-state index contributed by atoms with van der Waals surface area (Å²) in [5, 5.41) is 17.9. The molecule has 0 amide bonds. The van der Waals surface area contributed by atoms with Gasteiger partial charge < -0.3 is 14.9 Å². The van der Waals surface area contributed by atoms with Crippen LogP contribution in [0.1, 0.15) is 26.7 Å². The summed E-state index contributed by atoms with van der Waals surface area (Å²) >= 11 is 0. The van der Waals surface area contributed by atoms with Gasteiger partial charge in [-0.15, -0.1) is 0 Å². The van der Waals surface area contributed by atoms with E-state index in [1.54, 1.807) is 6.92 Å². The van der Waals surface area contributed by atoms with Crippen molar-refractivity contribution in [3.63, 3.8) is 0 Å². The van der Waals surface area contributed by atoms with Crippen molar-refractivity contribution in [2.45, 2.75) is 38.9 Å². The van der Waals surface area contributed by atoms with E-state index in [1.165, 1.54) is 6.92 Å². The van der Waals surface area contributed by atoms with Crippen molar-refractivity contribution in [3.8, 4) is 0 Å². The molecular weight excluding hydrogens is 160 g/mol. The molecule has 0 fully saturated rings. The average molecular weight is 176 g/mol. The highest BCUT2D eigenvalue weighted by Crippen LogP contribution is 2.02. The molecule has 0 aromatic carbocycles. The second-order valence-corrected chi connectivity index (χ2v) is 2.65. The van der Waals surface area contributed by atoms with Gasteiger partial charge in [-0.05, 0) is 20.3 Å². The summed E-state index contributed by atoms with van der Waals surface area (Å²) in [5.74, 6) is -0.336. The van der Waals surface area contributed by atoms with Gasteiger partial charge in [-0.1, -0.05) is 0 Å². The lowest BCUT2D eigenvalue weighted by atomic mass is 10.1. The number of esters is 1. The van der Waals surface area contributed by atoms with Crippen molar-refractivity contribution in [1.29, 1.82) is 0 Å². The Morgan fingerprint density at radius 1 is 1.50 bits per heavy atom. The monoisotopic (exact) mass is 176 g/mol. The number of hydrogen-bond donors (Lipinski definition) is 2. The van der Waals surface area contributed by atoms with Gasteiger partial charge in [0.25, 0.3) is 0 Å². The number of rotatable bonds is 5. The van der Waals surface area contributed by atoms with Gasteiger partial charge in [0.1, 0.15) is 0 Å². The standard InChI is InChI=1S/C8H16O4/c1-3-12-8(11)5-4-7(10)6(2)9/h6-7,9-10H,3-5H2,1-2H3/t6-,7-/m0/s1. The third-order valence-corrected chi connectivity index (χ3v) is 1.51. The molecule has 2 atom stereocenters. The van der Waals surface area contributed by atoms with E-state index in [4.69, 9.17) is 10.2 Å². The molecule has 4 heteroatoms. The Hall–Kier alpha value is -0.610. The Labute approximate surface area is 72.2 Å². The normalized spacial score (nSPS) is 15.3. The Balaban J connectivity index is 3.47. The van der Waals surface area contributed by atoms with E-state index in [0.717, 1.165) is 0 Å². The summed E-state index contributed by atoms with van der Waals surface area (Å²) in [6.07, 6.45) is -1.23. The third-order valence-electron chi connectivity index (χ3n) is 1.51. The molecule has 0 saturated carbocycles. The number of aliphatic hydroxyl groups excluding tert-OH is 2. The van der Waals surface area contributed by atoms with Crippen LogP contribution in [0.2, 0.25) is 0 Å². The summed E-state index contributed by atoms with van der Waals surface area (Å²) in [6, 6.07) is 0. The zero-order valence-electron chi connectivity index (χ0n) is 7.49. The molecule has 0 aromatic rings. The highest BCUT2D eigenvalue weighted by molar-refractivity contribution is 5.69. The van der Waals surface area contributed by atoms with E-state index in [9.17, 15) is 4.79 Å². The SMILES string of the molecule is CCOC(=O)CC[C@H](O)[C@H](C)O. The maximum atomic E-state index is 10.8. The van der Waals surface area contributed by atoms with Crippen LogP contribution in [0.5, 0.6) is 0 Å². The minimum atomic E-state index is -0.839. The van der Waals surface area contributed by atoms with E-state index in [2.05, 4.69) is 4.74 Å². The van der Waals surface area contributed by atoms with Crippen molar-refractivity contribution >= 4 is 5.97 Å². The molecular formula is C8H16O4. The molecule has 0 radical (unpaired) electrons. The van der Waals surface area contributed by atoms with Crippen molar-refractivity contribution in [1.82, 2.24) is 0 Å². The Morgan fingerprint density at radius 2 is 2.08 bits per heavy atom. The van der Waals surface area contributed by atoms with Crippen molar-refractivity contribution in [2.24, 2.45) is 0 Å². The highest BCUT2D eigenvalue weighted by Gasteiger charge is 2.12. The van der Waals surface area contributed by atoms with Crippen molar-refractivity contribution in [2.75, 3.05) is 6.61 Å². The van der Waals surface area contributed by atoms with Crippen molar-refractivity contribution < 1.29 is 19.7 Å². The quantitative estimate of drug-likeness (QED) is 0.582. The first-order chi connectivity index (χ1) is 5.57. The fourth-order valence-electron chi connectivity index (χ4n) is 0.740. The predicted molar refractivity (Wildman–Crippen MR) is 43.6 cm³/mol. The molecule has 0 unspecified atom stereocenters. The zero-order valence-corrected chi connectivity index (χ0v) is 7.49. The average Bonchev–Trinajstić information content (AvgIpc) is 2.00. The number of hydrogen-bond acceptors (Lipinski definition) is 4. The molecule has 0 aliphatic carbocycles. The van der Waals surface area contributed by atoms with Gasteiger partial charge in [-0.3, -0.25) is 4.79 Å². The molecule has 0 rings (SSSR count). The predicted octanol–water partition coefficient (Wildman–Crippen LogP) is 0.0714. The number of carbonyl (C=O) groups is 1. The van der Waals surface area contributed by atoms with Crippen LogP contribution < -0.4 is 0 Å². The van der Waals surface area contributed by atoms with E-state index in [-0.39, 0.29) is 18.8 Å². The number of carbonyl (C=O) groups excluding carboxylic acids is 1. The van der Waals surface area contributed by atoms with E-state index < -0.39 is 12.2 Å². The first-order valence-electron chi connectivity index (χ1n) is 4.09. The Bertz CT molecular complexity index is 133. The molecule has 12 heavy (non-hydrogen) atoms. The van der Waals surface area contributed by atoms with Gasteiger partial charge in [0.15, 0.2) is 0 Å². The van der Waals surface area contributed by atoms with Crippen LogP contribution in [-0.4, -0.2) is 35.0 Å². The van der Waals surface area contributed by atoms with Gasteiger partial charge in [0.2, 0.25) is 0 Å². The van der Waals surface area contributed by atoms with Gasteiger partial charge in [-0.2, -0.15) is 0 Å². The molecule has 0 heterocycles. The summed E-state index contributed by atoms with van der Waals surface area (Å²) in [5.41, 5.74) is 0. The second kappa shape index (κ2) is 5.97. The lowest BCUT2D eigenvalue weighted by Gasteiger charge is -2.12. The van der Waals surface area contributed by atoms with Gasteiger partial charge >= 0.3 is 5.97 Å². The van der Waals surface area contributed by atoms with Crippen LogP contribution in [0.3, 0.4) is 0 Å².